The maximum absolute atomic E-state index is 14.9. The molecular weight excluding hydrogens is 652 g/mol. The van der Waals surface area contributed by atoms with Crippen LogP contribution in [0.2, 0.25) is 5.02 Å². The number of hydrogen-bond donors (Lipinski definition) is 1. The van der Waals surface area contributed by atoms with E-state index in [-0.39, 0.29) is 23.0 Å². The van der Waals surface area contributed by atoms with Gasteiger partial charge in [0.1, 0.15) is 11.4 Å². The summed E-state index contributed by atoms with van der Waals surface area (Å²) in [5.41, 5.74) is 1.61. The number of anilines is 1. The van der Waals surface area contributed by atoms with Gasteiger partial charge in [-0.15, -0.1) is 4.36 Å². The summed E-state index contributed by atoms with van der Waals surface area (Å²) in [5, 5.41) is 0.733. The number of ether oxygens (including phenoxy) is 3. The average molecular weight is 697 g/mol. The summed E-state index contributed by atoms with van der Waals surface area (Å²) in [6.07, 6.45) is 9.71. The molecule has 2 aromatic carbocycles. The quantitative estimate of drug-likeness (QED) is 0.390. The van der Waals surface area contributed by atoms with E-state index in [4.69, 9.17) is 25.8 Å². The van der Waals surface area contributed by atoms with Crippen LogP contribution in [0.3, 0.4) is 0 Å². The van der Waals surface area contributed by atoms with Crippen molar-refractivity contribution in [3.05, 3.63) is 64.7 Å². The third kappa shape index (κ3) is 6.23. The number of rotatable bonds is 2. The highest BCUT2D eigenvalue weighted by atomic mass is 35.5. The van der Waals surface area contributed by atoms with Crippen molar-refractivity contribution in [2.45, 2.75) is 74.4 Å². The zero-order valence-electron chi connectivity index (χ0n) is 27.9. The second-order valence-corrected chi connectivity index (χ2v) is 16.7. The van der Waals surface area contributed by atoms with Gasteiger partial charge in [0.05, 0.1) is 29.9 Å². The summed E-state index contributed by atoms with van der Waals surface area (Å²) in [7, 11) is -2.02. The Kier molecular flexibility index (Phi) is 9.02. The SMILES string of the molecule is CO[C@H]1/C=C/COC(C)(C)C(=O)N=[S@](=O)(NC(=O)N2CCC2)c2ccc3c(c2)N(C[C@@H]2CC[C@H]21)C[C@@]1(CCCc2cc(Cl)ccc21)CO3. The van der Waals surface area contributed by atoms with Gasteiger partial charge in [0, 0.05) is 43.7 Å². The third-order valence-electron chi connectivity index (χ3n) is 10.9. The number of carbonyl (C=O) groups is 2. The van der Waals surface area contributed by atoms with Crippen LogP contribution < -0.4 is 14.4 Å². The van der Waals surface area contributed by atoms with Crippen molar-refractivity contribution in [3.63, 3.8) is 0 Å². The van der Waals surface area contributed by atoms with Crippen LogP contribution >= 0.6 is 11.6 Å². The Labute approximate surface area is 288 Å². The van der Waals surface area contributed by atoms with Crippen LogP contribution in [0.15, 0.2) is 57.8 Å². The Morgan fingerprint density at radius 3 is 2.71 bits per heavy atom. The number of nitrogens with one attached hydrogen (secondary N) is 1. The van der Waals surface area contributed by atoms with E-state index in [0.29, 0.717) is 43.8 Å². The molecule has 0 aromatic heterocycles. The first-order chi connectivity index (χ1) is 23.0. The number of nitrogens with zero attached hydrogens (tertiary/aromatic N) is 3. The van der Waals surface area contributed by atoms with Crippen molar-refractivity contribution in [2.24, 2.45) is 16.2 Å². The maximum Gasteiger partial charge on any atom is 0.330 e. The van der Waals surface area contributed by atoms with Crippen LogP contribution in [0.1, 0.15) is 57.1 Å². The molecule has 1 spiro atoms. The maximum atomic E-state index is 14.9. The largest absolute Gasteiger partial charge is 0.490 e. The Morgan fingerprint density at radius 1 is 1.15 bits per heavy atom. The number of amides is 3. The van der Waals surface area contributed by atoms with E-state index in [0.717, 1.165) is 55.8 Å². The molecule has 1 N–H and O–H groups in total. The monoisotopic (exact) mass is 696 g/mol. The number of methoxy groups -OCH3 is 1. The smallest absolute Gasteiger partial charge is 0.330 e. The zero-order valence-corrected chi connectivity index (χ0v) is 29.5. The van der Waals surface area contributed by atoms with Gasteiger partial charge in [-0.25, -0.2) is 13.7 Å². The lowest BCUT2D eigenvalue weighted by Gasteiger charge is -2.46. The number of fused-ring (bicyclic) bond motifs is 4. The molecule has 1 saturated carbocycles. The lowest BCUT2D eigenvalue weighted by molar-refractivity contribution is -0.137. The molecule has 3 aliphatic heterocycles. The lowest BCUT2D eigenvalue weighted by Crippen LogP contribution is -2.50. The van der Waals surface area contributed by atoms with Crippen LogP contribution in [0.25, 0.3) is 0 Å². The van der Waals surface area contributed by atoms with Crippen molar-refractivity contribution in [1.82, 2.24) is 9.62 Å². The molecule has 258 valence electrons. The van der Waals surface area contributed by atoms with Crippen molar-refractivity contribution >= 4 is 39.1 Å². The highest BCUT2D eigenvalue weighted by Gasteiger charge is 2.45. The van der Waals surface area contributed by atoms with Gasteiger partial charge in [0.25, 0.3) is 5.91 Å². The standard InChI is InChI=1S/C36H45ClN4O6S/c1-35(2)33(42)38-48(44,39-34(43)40-16-6-17-40)27-11-14-32-30(20-27)41(21-25-9-12-28(25)31(45-3)8-5-18-47-35)22-36(23-46-32)15-4-7-24-19-26(37)10-13-29(24)36/h5,8,10-11,13-14,19-20,25,28,31H,4,6-7,9,12,15-18,21-23H2,1-3H3,(H,38,39,42,43,44)/b8-5+/t25-,28+,31-,36-,48-/m0/s1. The predicted molar refractivity (Wildman–Crippen MR) is 185 cm³/mol. The summed E-state index contributed by atoms with van der Waals surface area (Å²) in [4.78, 5) is 31.1. The molecule has 2 aliphatic carbocycles. The van der Waals surface area contributed by atoms with Crippen LogP contribution in [-0.4, -0.2) is 79.3 Å². The van der Waals surface area contributed by atoms with Gasteiger partial charge in [-0.1, -0.05) is 29.8 Å². The van der Waals surface area contributed by atoms with Gasteiger partial charge in [0.15, 0.2) is 9.92 Å². The molecule has 3 heterocycles. The first kappa shape index (κ1) is 33.4. The second kappa shape index (κ2) is 13.0. The normalized spacial score (nSPS) is 31.9. The van der Waals surface area contributed by atoms with Gasteiger partial charge in [-0.05, 0) is 106 Å². The van der Waals surface area contributed by atoms with Crippen molar-refractivity contribution in [1.29, 1.82) is 0 Å². The molecule has 12 heteroatoms. The highest BCUT2D eigenvalue weighted by molar-refractivity contribution is 7.92. The number of carbonyl (C=O) groups excluding carboxylic acids is 2. The summed E-state index contributed by atoms with van der Waals surface area (Å²) < 4.78 is 40.4. The highest BCUT2D eigenvalue weighted by Crippen LogP contribution is 2.47. The molecular formula is C36H45ClN4O6S. The molecule has 48 heavy (non-hydrogen) atoms. The number of hydrogen-bond acceptors (Lipinski definition) is 7. The number of urea groups is 1. The molecule has 5 atom stereocenters. The van der Waals surface area contributed by atoms with E-state index in [1.807, 2.05) is 18.2 Å². The predicted octanol–water partition coefficient (Wildman–Crippen LogP) is 5.90. The first-order valence-corrected chi connectivity index (χ1v) is 18.9. The van der Waals surface area contributed by atoms with Crippen LogP contribution in [-0.2, 0) is 36.0 Å². The van der Waals surface area contributed by atoms with Crippen molar-refractivity contribution < 1.29 is 28.0 Å². The zero-order chi connectivity index (χ0) is 33.7. The van der Waals surface area contributed by atoms with Gasteiger partial charge in [0.2, 0.25) is 0 Å². The van der Waals surface area contributed by atoms with Gasteiger partial charge < -0.3 is 24.0 Å². The average Bonchev–Trinajstić information content (AvgIpc) is 3.16. The fourth-order valence-electron chi connectivity index (χ4n) is 7.77. The molecule has 2 bridgehead atoms. The van der Waals surface area contributed by atoms with Crippen molar-refractivity contribution in [3.8, 4) is 5.75 Å². The van der Waals surface area contributed by atoms with E-state index in [9.17, 15) is 13.8 Å². The number of benzene rings is 2. The van der Waals surface area contributed by atoms with E-state index < -0.39 is 27.5 Å². The van der Waals surface area contributed by atoms with Gasteiger partial charge >= 0.3 is 6.03 Å². The Bertz CT molecular complexity index is 1750. The minimum Gasteiger partial charge on any atom is -0.490 e. The number of halogens is 1. The molecule has 0 radical (unpaired) electrons. The lowest BCUT2D eigenvalue weighted by atomic mass is 9.68. The molecule has 5 aliphatic rings. The topological polar surface area (TPSA) is 110 Å². The number of aryl methyl sites for hydroxylation is 1. The third-order valence-corrected chi connectivity index (χ3v) is 12.9. The summed E-state index contributed by atoms with van der Waals surface area (Å²) in [6, 6.07) is 11.0. The van der Waals surface area contributed by atoms with Crippen molar-refractivity contribution in [2.75, 3.05) is 51.4 Å². The minimum atomic E-state index is -3.76. The molecule has 7 rings (SSSR count). The summed E-state index contributed by atoms with van der Waals surface area (Å²) >= 11 is 6.46. The fourth-order valence-corrected chi connectivity index (χ4v) is 9.58. The Balaban J connectivity index is 1.36. The van der Waals surface area contributed by atoms with E-state index >= 15 is 0 Å². The molecule has 0 unspecified atom stereocenters. The van der Waals surface area contributed by atoms with E-state index in [1.54, 1.807) is 44.1 Å². The van der Waals surface area contributed by atoms with Gasteiger partial charge in [-0.3, -0.25) is 4.79 Å². The first-order valence-electron chi connectivity index (χ1n) is 17.0. The van der Waals surface area contributed by atoms with Crippen LogP contribution in [0.5, 0.6) is 5.75 Å². The van der Waals surface area contributed by atoms with E-state index in [2.05, 4.69) is 26.1 Å². The fraction of sp³-hybridized carbons (Fsp3) is 0.556. The van der Waals surface area contributed by atoms with Crippen LogP contribution in [0.4, 0.5) is 10.5 Å². The Morgan fingerprint density at radius 2 is 1.98 bits per heavy atom. The molecule has 10 nitrogen and oxygen atoms in total. The second-order valence-electron chi connectivity index (χ2n) is 14.4. The summed E-state index contributed by atoms with van der Waals surface area (Å²) in [5.74, 6) is 0.584. The Hall–Kier alpha value is -3.12. The number of likely N-dealkylation sites (tertiary alicyclic amines) is 1. The molecule has 2 aromatic rings. The minimum absolute atomic E-state index is 0.0975. The van der Waals surface area contributed by atoms with Crippen LogP contribution in [0, 0.1) is 11.8 Å². The van der Waals surface area contributed by atoms with Gasteiger partial charge in [-0.2, -0.15) is 0 Å². The molecule has 2 fully saturated rings. The molecule has 1 saturated heterocycles. The summed E-state index contributed by atoms with van der Waals surface area (Å²) in [6.45, 7) is 6.38. The van der Waals surface area contributed by atoms with E-state index in [1.165, 1.54) is 11.1 Å². The molecule has 3 amide bonds.